The van der Waals surface area contributed by atoms with Crippen LogP contribution in [0.1, 0.15) is 37.0 Å². The molecule has 1 N–H and O–H groups in total. The van der Waals surface area contributed by atoms with Crippen LogP contribution in [0.3, 0.4) is 0 Å². The summed E-state index contributed by atoms with van der Waals surface area (Å²) < 4.78 is -0.0284. The smallest absolute Gasteiger partial charge is 0.242 e. The Morgan fingerprint density at radius 3 is 2.42 bits per heavy atom. The number of rotatable bonds is 1. The zero-order valence-corrected chi connectivity index (χ0v) is 9.47. The Morgan fingerprint density at radius 1 is 1.58 bits per heavy atom. The van der Waals surface area contributed by atoms with Crippen LogP contribution in [-0.4, -0.2) is 14.0 Å². The zero-order valence-electron chi connectivity index (χ0n) is 7.31. The molecule has 4 heteroatoms. The fourth-order valence-electron chi connectivity index (χ4n) is 0.807. The lowest BCUT2D eigenvalue weighted by Gasteiger charge is -2.14. The molecule has 0 aromatic carbocycles. The summed E-state index contributed by atoms with van der Waals surface area (Å²) >= 11 is 1.73. The SMILES string of the molecule is CC(C)(C)c1cc(C(=O)I)n[nH]1. The van der Waals surface area contributed by atoms with Crippen LogP contribution in [-0.2, 0) is 5.41 Å². The monoisotopic (exact) mass is 278 g/mol. The maximum Gasteiger partial charge on any atom is 0.242 e. The quantitative estimate of drug-likeness (QED) is 0.632. The lowest BCUT2D eigenvalue weighted by molar-refractivity contribution is 0.110. The number of hydrogen-bond donors (Lipinski definition) is 1. The van der Waals surface area contributed by atoms with Crippen molar-refractivity contribution in [2.24, 2.45) is 0 Å². The summed E-state index contributed by atoms with van der Waals surface area (Å²) in [4.78, 5) is 10.9. The summed E-state index contributed by atoms with van der Waals surface area (Å²) in [6, 6.07) is 1.80. The molecule has 0 radical (unpaired) electrons. The van der Waals surface area contributed by atoms with Crippen molar-refractivity contribution in [2.75, 3.05) is 0 Å². The molecule has 3 nitrogen and oxygen atoms in total. The second kappa shape index (κ2) is 3.16. The van der Waals surface area contributed by atoms with E-state index in [2.05, 4.69) is 31.0 Å². The lowest BCUT2D eigenvalue weighted by atomic mass is 9.92. The number of carbonyl (C=O) groups excluding carboxylic acids is 1. The van der Waals surface area contributed by atoms with E-state index in [4.69, 9.17) is 0 Å². The third kappa shape index (κ3) is 2.06. The van der Waals surface area contributed by atoms with Crippen LogP contribution in [0.25, 0.3) is 0 Å². The zero-order chi connectivity index (χ0) is 9.35. The molecule has 66 valence electrons. The van der Waals surface area contributed by atoms with Crippen LogP contribution < -0.4 is 0 Å². The fraction of sp³-hybridized carbons (Fsp3) is 0.500. The van der Waals surface area contributed by atoms with E-state index in [-0.39, 0.29) is 9.20 Å². The first kappa shape index (κ1) is 9.70. The number of nitrogens with zero attached hydrogens (tertiary/aromatic N) is 1. The van der Waals surface area contributed by atoms with Gasteiger partial charge in [0.1, 0.15) is 5.69 Å². The van der Waals surface area contributed by atoms with Crippen LogP contribution in [0.15, 0.2) is 6.07 Å². The average Bonchev–Trinajstić information content (AvgIpc) is 2.30. The molecular formula is C8H11IN2O. The van der Waals surface area contributed by atoms with Crippen molar-refractivity contribution in [3.63, 3.8) is 0 Å². The van der Waals surface area contributed by atoms with E-state index in [0.717, 1.165) is 5.69 Å². The summed E-state index contributed by atoms with van der Waals surface area (Å²) in [5, 5.41) is 6.75. The van der Waals surface area contributed by atoms with Crippen LogP contribution in [0.5, 0.6) is 0 Å². The first-order valence-corrected chi connectivity index (χ1v) is 4.75. The minimum atomic E-state index is -0.0284. The molecule has 0 saturated heterocycles. The predicted octanol–water partition coefficient (Wildman–Crippen LogP) is 2.28. The number of nitrogens with one attached hydrogen (secondary N) is 1. The van der Waals surface area contributed by atoms with Gasteiger partial charge in [0.2, 0.25) is 3.79 Å². The summed E-state index contributed by atoms with van der Waals surface area (Å²) in [6.07, 6.45) is 0. The highest BCUT2D eigenvalue weighted by Crippen LogP contribution is 2.20. The van der Waals surface area contributed by atoms with Crippen molar-refractivity contribution in [3.8, 4) is 0 Å². The van der Waals surface area contributed by atoms with E-state index in [0.29, 0.717) is 5.69 Å². The van der Waals surface area contributed by atoms with Crippen molar-refractivity contribution < 1.29 is 4.79 Å². The first-order chi connectivity index (χ1) is 5.41. The largest absolute Gasteiger partial charge is 0.281 e. The summed E-state index contributed by atoms with van der Waals surface area (Å²) in [5.74, 6) is 0. The lowest BCUT2D eigenvalue weighted by Crippen LogP contribution is -2.11. The van der Waals surface area contributed by atoms with Gasteiger partial charge in [-0.3, -0.25) is 9.89 Å². The molecular weight excluding hydrogens is 267 g/mol. The normalized spacial score (nSPS) is 11.7. The number of aromatic amines is 1. The molecule has 0 spiro atoms. The molecule has 1 aromatic rings. The molecule has 0 unspecified atom stereocenters. The number of H-pyrrole nitrogens is 1. The van der Waals surface area contributed by atoms with Crippen molar-refractivity contribution in [2.45, 2.75) is 26.2 Å². The summed E-state index contributed by atoms with van der Waals surface area (Å²) in [7, 11) is 0. The highest BCUT2D eigenvalue weighted by Gasteiger charge is 2.17. The molecule has 0 bridgehead atoms. The molecule has 0 atom stereocenters. The molecule has 0 aliphatic heterocycles. The van der Waals surface area contributed by atoms with Gasteiger partial charge >= 0.3 is 0 Å². The van der Waals surface area contributed by atoms with Crippen LogP contribution in [0.2, 0.25) is 0 Å². The van der Waals surface area contributed by atoms with Gasteiger partial charge in [-0.25, -0.2) is 0 Å². The van der Waals surface area contributed by atoms with E-state index >= 15 is 0 Å². The Kier molecular flexibility index (Phi) is 2.55. The Bertz CT molecular complexity index is 298. The molecule has 0 fully saturated rings. The van der Waals surface area contributed by atoms with E-state index in [1.54, 1.807) is 28.7 Å². The molecule has 0 saturated carbocycles. The van der Waals surface area contributed by atoms with Crippen LogP contribution in [0, 0.1) is 0 Å². The molecule has 1 rings (SSSR count). The Hall–Kier alpha value is -0.390. The van der Waals surface area contributed by atoms with Gasteiger partial charge in [0.25, 0.3) is 0 Å². The van der Waals surface area contributed by atoms with Crippen molar-refractivity contribution in [1.29, 1.82) is 0 Å². The second-order valence-electron chi connectivity index (χ2n) is 3.69. The third-order valence-electron chi connectivity index (χ3n) is 1.59. The van der Waals surface area contributed by atoms with Gasteiger partial charge in [0.05, 0.1) is 0 Å². The Balaban J connectivity index is 3.00. The number of hydrogen-bond acceptors (Lipinski definition) is 2. The number of halogens is 1. The second-order valence-corrected chi connectivity index (χ2v) is 4.67. The van der Waals surface area contributed by atoms with Crippen molar-refractivity contribution in [3.05, 3.63) is 17.5 Å². The third-order valence-corrected chi connectivity index (χ3v) is 2.14. The average molecular weight is 278 g/mol. The van der Waals surface area contributed by atoms with Crippen molar-refractivity contribution in [1.82, 2.24) is 10.2 Å². The predicted molar refractivity (Wildman–Crippen MR) is 55.6 cm³/mol. The number of carbonyl (C=O) groups is 1. The minimum absolute atomic E-state index is 0.0251. The highest BCUT2D eigenvalue weighted by molar-refractivity contribution is 14.1. The van der Waals surface area contributed by atoms with E-state index in [9.17, 15) is 4.79 Å². The van der Waals surface area contributed by atoms with Crippen molar-refractivity contribution >= 4 is 26.4 Å². The maximum absolute atomic E-state index is 10.9. The van der Waals surface area contributed by atoms with Gasteiger partial charge in [-0.05, 0) is 6.07 Å². The van der Waals surface area contributed by atoms with Gasteiger partial charge in [0, 0.05) is 33.7 Å². The molecule has 0 amide bonds. The fourth-order valence-corrected chi connectivity index (χ4v) is 1.08. The van der Waals surface area contributed by atoms with E-state index in [1.165, 1.54) is 0 Å². The summed E-state index contributed by atoms with van der Waals surface area (Å²) in [6.45, 7) is 6.21. The van der Waals surface area contributed by atoms with Gasteiger partial charge in [-0.2, -0.15) is 5.10 Å². The van der Waals surface area contributed by atoms with Gasteiger partial charge in [-0.15, -0.1) is 0 Å². The van der Waals surface area contributed by atoms with E-state index < -0.39 is 0 Å². The van der Waals surface area contributed by atoms with Crippen LogP contribution >= 0.6 is 22.6 Å². The van der Waals surface area contributed by atoms with E-state index in [1.807, 2.05) is 0 Å². The molecule has 0 aliphatic rings. The molecule has 12 heavy (non-hydrogen) atoms. The number of aromatic nitrogens is 2. The molecule has 0 aliphatic carbocycles. The maximum atomic E-state index is 10.9. The highest BCUT2D eigenvalue weighted by atomic mass is 127. The Labute approximate surface area is 85.1 Å². The first-order valence-electron chi connectivity index (χ1n) is 3.67. The molecule has 1 heterocycles. The van der Waals surface area contributed by atoms with Gasteiger partial charge in [0.15, 0.2) is 0 Å². The standard InChI is InChI=1S/C8H11IN2O/c1-8(2,3)6-4-5(7(9)12)10-11-6/h4H,1-3H3,(H,10,11). The molecule has 1 aromatic heterocycles. The van der Waals surface area contributed by atoms with Crippen LogP contribution in [0.4, 0.5) is 0 Å². The minimum Gasteiger partial charge on any atom is -0.281 e. The van der Waals surface area contributed by atoms with Gasteiger partial charge < -0.3 is 0 Å². The Morgan fingerprint density at radius 2 is 2.17 bits per heavy atom. The van der Waals surface area contributed by atoms with Gasteiger partial charge in [-0.1, -0.05) is 20.8 Å². The summed E-state index contributed by atoms with van der Waals surface area (Å²) in [5.41, 5.74) is 1.51. The topological polar surface area (TPSA) is 45.8 Å².